The van der Waals surface area contributed by atoms with Gasteiger partial charge in [-0.3, -0.25) is 9.59 Å². The minimum Gasteiger partial charge on any atom is -0.468 e. The van der Waals surface area contributed by atoms with E-state index in [1.165, 1.54) is 18.4 Å². The van der Waals surface area contributed by atoms with Crippen molar-refractivity contribution in [2.45, 2.75) is 5.92 Å². The van der Waals surface area contributed by atoms with Crippen LogP contribution in [0.1, 0.15) is 27.4 Å². The number of ether oxygens (including phenoxy) is 1. The SMILES string of the molecule is COC(=O)C(c1ccccc1)c1c(-c2cccs2)nc2ccccc2c1C(N)=O. The first-order valence-electron chi connectivity index (χ1n) is 9.01. The Morgan fingerprint density at radius 1 is 1.00 bits per heavy atom. The van der Waals surface area contributed by atoms with Crippen LogP contribution >= 0.6 is 11.3 Å². The second-order valence-corrected chi connectivity index (χ2v) is 7.42. The lowest BCUT2D eigenvalue weighted by Gasteiger charge is -2.22. The van der Waals surface area contributed by atoms with Crippen molar-refractivity contribution in [1.29, 1.82) is 0 Å². The van der Waals surface area contributed by atoms with Gasteiger partial charge in [-0.2, -0.15) is 0 Å². The van der Waals surface area contributed by atoms with Gasteiger partial charge in [-0.15, -0.1) is 11.3 Å². The van der Waals surface area contributed by atoms with Crippen molar-refractivity contribution in [1.82, 2.24) is 4.98 Å². The standard InChI is InChI=1S/C23H18N2O3S/c1-28-23(27)18(14-8-3-2-4-9-14)20-19(22(24)26)15-10-5-6-11-16(15)25-21(20)17-12-7-13-29-17/h2-13,18H,1H3,(H2,24,26). The molecule has 2 heterocycles. The van der Waals surface area contributed by atoms with E-state index in [9.17, 15) is 9.59 Å². The summed E-state index contributed by atoms with van der Waals surface area (Å²) in [6.07, 6.45) is 0. The van der Waals surface area contributed by atoms with Gasteiger partial charge in [0.15, 0.2) is 0 Å². The molecule has 4 rings (SSSR count). The number of carbonyl (C=O) groups excluding carboxylic acids is 2. The average molecular weight is 402 g/mol. The molecule has 1 amide bonds. The number of hydrogen-bond acceptors (Lipinski definition) is 5. The zero-order valence-electron chi connectivity index (χ0n) is 15.7. The molecule has 0 aliphatic heterocycles. The van der Waals surface area contributed by atoms with Crippen LogP contribution in [0, 0.1) is 0 Å². The number of fused-ring (bicyclic) bond motifs is 1. The quantitative estimate of drug-likeness (QED) is 0.503. The second-order valence-electron chi connectivity index (χ2n) is 6.47. The smallest absolute Gasteiger partial charge is 0.317 e. The van der Waals surface area contributed by atoms with E-state index in [0.29, 0.717) is 33.3 Å². The number of amides is 1. The minimum atomic E-state index is -0.835. The summed E-state index contributed by atoms with van der Waals surface area (Å²) in [6, 6.07) is 20.3. The number of pyridine rings is 1. The Kier molecular flexibility index (Phi) is 5.10. The average Bonchev–Trinajstić information content (AvgIpc) is 3.28. The van der Waals surface area contributed by atoms with Gasteiger partial charge in [0.05, 0.1) is 28.8 Å². The van der Waals surface area contributed by atoms with Crippen LogP contribution in [0.3, 0.4) is 0 Å². The summed E-state index contributed by atoms with van der Waals surface area (Å²) in [5.41, 5.74) is 8.51. The molecular formula is C23H18N2O3S. The number of esters is 1. The lowest BCUT2D eigenvalue weighted by Crippen LogP contribution is -2.23. The molecule has 2 N–H and O–H groups in total. The van der Waals surface area contributed by atoms with Crippen LogP contribution in [-0.4, -0.2) is 24.0 Å². The molecule has 0 radical (unpaired) electrons. The molecule has 0 spiro atoms. The fourth-order valence-corrected chi connectivity index (χ4v) is 4.29. The van der Waals surface area contributed by atoms with Crippen LogP contribution in [0.2, 0.25) is 0 Å². The summed E-state index contributed by atoms with van der Waals surface area (Å²) in [5.74, 6) is -1.92. The molecule has 1 unspecified atom stereocenters. The fraction of sp³-hybridized carbons (Fsp3) is 0.0870. The maximum atomic E-state index is 12.9. The lowest BCUT2D eigenvalue weighted by molar-refractivity contribution is -0.141. The Bertz CT molecular complexity index is 1190. The summed E-state index contributed by atoms with van der Waals surface area (Å²) < 4.78 is 5.12. The van der Waals surface area contributed by atoms with Gasteiger partial charge in [-0.25, -0.2) is 4.98 Å². The Balaban J connectivity index is 2.15. The summed E-state index contributed by atoms with van der Waals surface area (Å²) in [4.78, 5) is 31.3. The van der Waals surface area contributed by atoms with Gasteiger partial charge in [0.1, 0.15) is 5.92 Å². The molecule has 0 saturated carbocycles. The maximum absolute atomic E-state index is 12.9. The van der Waals surface area contributed by atoms with E-state index in [0.717, 1.165) is 4.88 Å². The van der Waals surface area contributed by atoms with E-state index in [2.05, 4.69) is 0 Å². The number of hydrogen-bond donors (Lipinski definition) is 1. The van der Waals surface area contributed by atoms with Crippen LogP contribution in [0.4, 0.5) is 0 Å². The van der Waals surface area contributed by atoms with Crippen molar-refractivity contribution < 1.29 is 14.3 Å². The van der Waals surface area contributed by atoms with Gasteiger partial charge in [-0.05, 0) is 23.1 Å². The van der Waals surface area contributed by atoms with Gasteiger partial charge in [0.2, 0.25) is 5.91 Å². The lowest BCUT2D eigenvalue weighted by atomic mass is 9.84. The number of rotatable bonds is 5. The molecule has 1 atom stereocenters. The van der Waals surface area contributed by atoms with E-state index < -0.39 is 17.8 Å². The summed E-state index contributed by atoms with van der Waals surface area (Å²) in [7, 11) is 1.33. The van der Waals surface area contributed by atoms with E-state index in [1.807, 2.05) is 66.0 Å². The van der Waals surface area contributed by atoms with Crippen LogP contribution in [-0.2, 0) is 9.53 Å². The molecule has 29 heavy (non-hydrogen) atoms. The molecule has 144 valence electrons. The number of methoxy groups -OCH3 is 1. The second kappa shape index (κ2) is 7.85. The van der Waals surface area contributed by atoms with E-state index in [4.69, 9.17) is 15.5 Å². The number of nitrogens with zero attached hydrogens (tertiary/aromatic N) is 1. The van der Waals surface area contributed by atoms with Crippen molar-refractivity contribution >= 4 is 34.1 Å². The van der Waals surface area contributed by atoms with Crippen LogP contribution in [0.15, 0.2) is 72.1 Å². The van der Waals surface area contributed by atoms with Crippen molar-refractivity contribution in [3.8, 4) is 10.6 Å². The molecule has 0 aliphatic rings. The zero-order chi connectivity index (χ0) is 20.4. The summed E-state index contributed by atoms with van der Waals surface area (Å²) >= 11 is 1.48. The Hall–Kier alpha value is -3.51. The van der Waals surface area contributed by atoms with Gasteiger partial charge in [0.25, 0.3) is 0 Å². The molecule has 0 aliphatic carbocycles. The van der Waals surface area contributed by atoms with Crippen molar-refractivity contribution in [2.75, 3.05) is 7.11 Å². The Labute approximate surface area is 171 Å². The van der Waals surface area contributed by atoms with E-state index in [-0.39, 0.29) is 0 Å². The Morgan fingerprint density at radius 3 is 2.38 bits per heavy atom. The minimum absolute atomic E-state index is 0.290. The number of carbonyl (C=O) groups is 2. The third kappa shape index (κ3) is 3.39. The van der Waals surface area contributed by atoms with Gasteiger partial charge < -0.3 is 10.5 Å². The molecule has 6 heteroatoms. The predicted octanol–water partition coefficient (Wildman–Crippen LogP) is 4.37. The molecule has 0 bridgehead atoms. The summed E-state index contributed by atoms with van der Waals surface area (Å²) in [6.45, 7) is 0. The van der Waals surface area contributed by atoms with Crippen LogP contribution in [0.5, 0.6) is 0 Å². The van der Waals surface area contributed by atoms with Crippen LogP contribution in [0.25, 0.3) is 21.5 Å². The molecule has 2 aromatic heterocycles. The fourth-order valence-electron chi connectivity index (χ4n) is 3.56. The number of para-hydroxylation sites is 1. The first-order valence-corrected chi connectivity index (χ1v) is 9.89. The first-order chi connectivity index (χ1) is 14.1. The number of nitrogens with two attached hydrogens (primary N) is 1. The van der Waals surface area contributed by atoms with Crippen molar-refractivity contribution in [3.63, 3.8) is 0 Å². The Morgan fingerprint density at radius 2 is 1.72 bits per heavy atom. The normalized spacial score (nSPS) is 11.9. The molecule has 0 fully saturated rings. The molecular weight excluding hydrogens is 384 g/mol. The number of primary amides is 1. The van der Waals surface area contributed by atoms with Gasteiger partial charge >= 0.3 is 5.97 Å². The predicted molar refractivity (Wildman–Crippen MR) is 114 cm³/mol. The molecule has 0 saturated heterocycles. The maximum Gasteiger partial charge on any atom is 0.317 e. The largest absolute Gasteiger partial charge is 0.468 e. The van der Waals surface area contributed by atoms with Crippen molar-refractivity contribution in [3.05, 3.63) is 88.8 Å². The topological polar surface area (TPSA) is 82.3 Å². The number of aromatic nitrogens is 1. The zero-order valence-corrected chi connectivity index (χ0v) is 16.5. The number of thiophene rings is 1. The first kappa shape index (κ1) is 18.8. The van der Waals surface area contributed by atoms with Crippen molar-refractivity contribution in [2.24, 2.45) is 5.73 Å². The highest BCUT2D eigenvalue weighted by molar-refractivity contribution is 7.13. The highest BCUT2D eigenvalue weighted by atomic mass is 32.1. The van der Waals surface area contributed by atoms with E-state index in [1.54, 1.807) is 6.07 Å². The van der Waals surface area contributed by atoms with Gasteiger partial charge in [0, 0.05) is 10.9 Å². The third-order valence-corrected chi connectivity index (χ3v) is 5.67. The number of benzene rings is 2. The van der Waals surface area contributed by atoms with Gasteiger partial charge in [-0.1, -0.05) is 54.6 Å². The molecule has 2 aromatic carbocycles. The molecule has 4 aromatic rings. The third-order valence-electron chi connectivity index (χ3n) is 4.79. The van der Waals surface area contributed by atoms with E-state index >= 15 is 0 Å². The molecule has 5 nitrogen and oxygen atoms in total. The monoisotopic (exact) mass is 402 g/mol. The van der Waals surface area contributed by atoms with Crippen LogP contribution < -0.4 is 5.73 Å². The summed E-state index contributed by atoms with van der Waals surface area (Å²) in [5, 5.41) is 2.54. The highest BCUT2D eigenvalue weighted by Crippen LogP contribution is 2.40. The highest BCUT2D eigenvalue weighted by Gasteiger charge is 2.33.